The third-order valence-corrected chi connectivity index (χ3v) is 2.95. The molecule has 0 atom stereocenters. The lowest BCUT2D eigenvalue weighted by molar-refractivity contribution is -0.115. The van der Waals surface area contributed by atoms with Crippen molar-refractivity contribution in [3.8, 4) is 0 Å². The van der Waals surface area contributed by atoms with Crippen LogP contribution in [0.5, 0.6) is 0 Å². The van der Waals surface area contributed by atoms with E-state index in [0.717, 1.165) is 5.69 Å². The van der Waals surface area contributed by atoms with Gasteiger partial charge in [-0.2, -0.15) is 0 Å². The SMILES string of the molecule is CCC(=O)Nc1ccc(Nc2ccc(C(=O)OC)cc2)nc1. The first-order valence-corrected chi connectivity index (χ1v) is 6.83. The van der Waals surface area contributed by atoms with Crippen LogP contribution < -0.4 is 10.6 Å². The molecule has 0 aliphatic carbocycles. The molecule has 6 heteroatoms. The smallest absolute Gasteiger partial charge is 0.337 e. The number of ether oxygens (including phenoxy) is 1. The summed E-state index contributed by atoms with van der Waals surface area (Å²) >= 11 is 0. The molecule has 0 aliphatic heterocycles. The van der Waals surface area contributed by atoms with E-state index >= 15 is 0 Å². The van der Waals surface area contributed by atoms with Crippen molar-refractivity contribution in [2.75, 3.05) is 17.7 Å². The minimum atomic E-state index is -0.374. The van der Waals surface area contributed by atoms with E-state index in [1.54, 1.807) is 49.5 Å². The van der Waals surface area contributed by atoms with Crippen LogP contribution in [0.15, 0.2) is 42.6 Å². The van der Waals surface area contributed by atoms with E-state index in [9.17, 15) is 9.59 Å². The summed E-state index contributed by atoms with van der Waals surface area (Å²) in [6.07, 6.45) is 2.01. The molecule has 0 spiro atoms. The maximum absolute atomic E-state index is 11.3. The Morgan fingerprint density at radius 2 is 1.77 bits per heavy atom. The summed E-state index contributed by atoms with van der Waals surface area (Å²) in [5.41, 5.74) is 1.93. The molecule has 1 heterocycles. The normalized spacial score (nSPS) is 9.91. The highest BCUT2D eigenvalue weighted by atomic mass is 16.5. The molecule has 2 rings (SSSR count). The van der Waals surface area contributed by atoms with Crippen LogP contribution in [0.1, 0.15) is 23.7 Å². The standard InChI is InChI=1S/C16H17N3O3/c1-3-15(20)19-13-8-9-14(17-10-13)18-12-6-4-11(5-7-12)16(21)22-2/h4-10H,3H2,1-2H3,(H,17,18)(H,19,20). The molecular formula is C16H17N3O3. The van der Waals surface area contributed by atoms with Gasteiger partial charge in [0.15, 0.2) is 0 Å². The zero-order valence-corrected chi connectivity index (χ0v) is 12.4. The molecule has 0 fully saturated rings. The Bertz CT molecular complexity index is 651. The molecule has 0 saturated heterocycles. The lowest BCUT2D eigenvalue weighted by Gasteiger charge is -2.08. The number of nitrogens with one attached hydrogen (secondary N) is 2. The summed E-state index contributed by atoms with van der Waals surface area (Å²) in [5, 5.41) is 5.84. The van der Waals surface area contributed by atoms with E-state index in [4.69, 9.17) is 0 Å². The van der Waals surface area contributed by atoms with E-state index in [2.05, 4.69) is 20.4 Å². The summed E-state index contributed by atoms with van der Waals surface area (Å²) in [7, 11) is 1.34. The molecule has 0 aliphatic rings. The largest absolute Gasteiger partial charge is 0.465 e. The van der Waals surface area contributed by atoms with Crippen molar-refractivity contribution < 1.29 is 14.3 Å². The van der Waals surface area contributed by atoms with Gasteiger partial charge >= 0.3 is 5.97 Å². The first-order valence-electron chi connectivity index (χ1n) is 6.83. The van der Waals surface area contributed by atoms with Crippen LogP contribution in [-0.4, -0.2) is 24.0 Å². The van der Waals surface area contributed by atoms with Crippen molar-refractivity contribution in [1.82, 2.24) is 4.98 Å². The molecule has 0 unspecified atom stereocenters. The number of amides is 1. The number of methoxy groups -OCH3 is 1. The second-order valence-corrected chi connectivity index (χ2v) is 4.53. The number of carbonyl (C=O) groups excluding carboxylic acids is 2. The Kier molecular flexibility index (Phi) is 5.08. The van der Waals surface area contributed by atoms with Crippen LogP contribution in [0, 0.1) is 0 Å². The summed E-state index contributed by atoms with van der Waals surface area (Å²) < 4.78 is 4.64. The van der Waals surface area contributed by atoms with Crippen LogP contribution in [0.4, 0.5) is 17.2 Å². The fourth-order valence-electron chi connectivity index (χ4n) is 1.75. The number of aromatic nitrogens is 1. The molecule has 0 radical (unpaired) electrons. The number of carbonyl (C=O) groups is 2. The summed E-state index contributed by atoms with van der Waals surface area (Å²) in [5.74, 6) is 0.210. The lowest BCUT2D eigenvalue weighted by atomic mass is 10.2. The van der Waals surface area contributed by atoms with Crippen LogP contribution in [-0.2, 0) is 9.53 Å². The molecule has 0 saturated carbocycles. The molecule has 2 aromatic rings. The lowest BCUT2D eigenvalue weighted by Crippen LogP contribution is -2.09. The maximum atomic E-state index is 11.3. The summed E-state index contributed by atoms with van der Waals surface area (Å²) in [6, 6.07) is 10.4. The third kappa shape index (κ3) is 4.05. The third-order valence-electron chi connectivity index (χ3n) is 2.95. The van der Waals surface area contributed by atoms with E-state index in [-0.39, 0.29) is 11.9 Å². The quantitative estimate of drug-likeness (QED) is 0.830. The molecule has 22 heavy (non-hydrogen) atoms. The maximum Gasteiger partial charge on any atom is 0.337 e. The van der Waals surface area contributed by atoms with Crippen molar-refractivity contribution in [2.24, 2.45) is 0 Å². The minimum absolute atomic E-state index is 0.0547. The summed E-state index contributed by atoms with van der Waals surface area (Å²) in [4.78, 5) is 26.8. The number of nitrogens with zero attached hydrogens (tertiary/aromatic N) is 1. The number of rotatable bonds is 5. The van der Waals surface area contributed by atoms with Crippen molar-refractivity contribution in [3.63, 3.8) is 0 Å². The van der Waals surface area contributed by atoms with Crippen molar-refractivity contribution in [2.45, 2.75) is 13.3 Å². The molecule has 2 N–H and O–H groups in total. The topological polar surface area (TPSA) is 80.3 Å². The van der Waals surface area contributed by atoms with Gasteiger partial charge in [0, 0.05) is 12.1 Å². The zero-order valence-electron chi connectivity index (χ0n) is 12.4. The summed E-state index contributed by atoms with van der Waals surface area (Å²) in [6.45, 7) is 1.79. The second-order valence-electron chi connectivity index (χ2n) is 4.53. The second kappa shape index (κ2) is 7.21. The van der Waals surface area contributed by atoms with Gasteiger partial charge in [0.2, 0.25) is 5.91 Å². The van der Waals surface area contributed by atoms with E-state index in [0.29, 0.717) is 23.5 Å². The van der Waals surface area contributed by atoms with Gasteiger partial charge in [-0.25, -0.2) is 9.78 Å². The molecular weight excluding hydrogens is 282 g/mol. The molecule has 114 valence electrons. The van der Waals surface area contributed by atoms with Crippen LogP contribution in [0.2, 0.25) is 0 Å². The molecule has 6 nitrogen and oxygen atoms in total. The first kappa shape index (κ1) is 15.5. The van der Waals surface area contributed by atoms with Gasteiger partial charge in [-0.3, -0.25) is 4.79 Å². The Hall–Kier alpha value is -2.89. The van der Waals surface area contributed by atoms with Crippen LogP contribution in [0.3, 0.4) is 0 Å². The number of hydrogen-bond acceptors (Lipinski definition) is 5. The van der Waals surface area contributed by atoms with Crippen LogP contribution in [0.25, 0.3) is 0 Å². The van der Waals surface area contributed by atoms with Gasteiger partial charge in [-0.05, 0) is 36.4 Å². The Morgan fingerprint density at radius 1 is 1.09 bits per heavy atom. The number of anilines is 3. The van der Waals surface area contributed by atoms with Crippen molar-refractivity contribution >= 4 is 29.1 Å². The zero-order chi connectivity index (χ0) is 15.9. The molecule has 1 aromatic heterocycles. The van der Waals surface area contributed by atoms with Gasteiger partial charge in [0.1, 0.15) is 5.82 Å². The highest BCUT2D eigenvalue weighted by Gasteiger charge is 2.05. The number of esters is 1. The van der Waals surface area contributed by atoms with Gasteiger partial charge in [-0.15, -0.1) is 0 Å². The highest BCUT2D eigenvalue weighted by Crippen LogP contribution is 2.17. The number of pyridine rings is 1. The average molecular weight is 299 g/mol. The van der Waals surface area contributed by atoms with E-state index in [1.807, 2.05) is 0 Å². The van der Waals surface area contributed by atoms with E-state index < -0.39 is 0 Å². The fraction of sp³-hybridized carbons (Fsp3) is 0.188. The van der Waals surface area contributed by atoms with Crippen LogP contribution >= 0.6 is 0 Å². The molecule has 1 aromatic carbocycles. The monoisotopic (exact) mass is 299 g/mol. The van der Waals surface area contributed by atoms with Crippen molar-refractivity contribution in [3.05, 3.63) is 48.2 Å². The predicted octanol–water partition coefficient (Wildman–Crippen LogP) is 2.96. The predicted molar refractivity (Wildman–Crippen MR) is 84.2 cm³/mol. The fourth-order valence-corrected chi connectivity index (χ4v) is 1.75. The number of hydrogen-bond donors (Lipinski definition) is 2. The molecule has 1 amide bonds. The van der Waals surface area contributed by atoms with Gasteiger partial charge < -0.3 is 15.4 Å². The minimum Gasteiger partial charge on any atom is -0.465 e. The van der Waals surface area contributed by atoms with Gasteiger partial charge in [-0.1, -0.05) is 6.92 Å². The number of benzene rings is 1. The highest BCUT2D eigenvalue weighted by molar-refractivity contribution is 5.90. The average Bonchev–Trinajstić information content (AvgIpc) is 2.56. The Balaban J connectivity index is 2.01. The van der Waals surface area contributed by atoms with Crippen molar-refractivity contribution in [1.29, 1.82) is 0 Å². The molecule has 0 bridgehead atoms. The Morgan fingerprint density at radius 3 is 2.32 bits per heavy atom. The Labute approximate surface area is 128 Å². The first-order chi connectivity index (χ1) is 10.6. The van der Waals surface area contributed by atoms with Gasteiger partial charge in [0.05, 0.1) is 24.6 Å². The van der Waals surface area contributed by atoms with Gasteiger partial charge in [0.25, 0.3) is 0 Å². The van der Waals surface area contributed by atoms with E-state index in [1.165, 1.54) is 7.11 Å².